The second-order valence-electron chi connectivity index (χ2n) is 4.18. The van der Waals surface area contributed by atoms with E-state index in [0.29, 0.717) is 13.0 Å². The van der Waals surface area contributed by atoms with Gasteiger partial charge in [-0.05, 0) is 24.8 Å². The molecule has 1 fully saturated rings. The van der Waals surface area contributed by atoms with E-state index in [0.717, 1.165) is 18.0 Å². The lowest BCUT2D eigenvalue weighted by Gasteiger charge is -2.30. The maximum absolute atomic E-state index is 10.3. The van der Waals surface area contributed by atoms with E-state index in [4.69, 9.17) is 4.74 Å². The van der Waals surface area contributed by atoms with Crippen molar-refractivity contribution in [3.05, 3.63) is 22.4 Å². The number of hydrogen-bond acceptors (Lipinski definition) is 4. The summed E-state index contributed by atoms with van der Waals surface area (Å²) in [6, 6.07) is 4.21. The van der Waals surface area contributed by atoms with E-state index in [1.165, 1.54) is 0 Å². The normalized spacial score (nSPS) is 26.1. The van der Waals surface area contributed by atoms with Gasteiger partial charge in [0.05, 0.1) is 18.8 Å². The highest BCUT2D eigenvalue weighted by atomic mass is 32.1. The molecule has 1 aromatic rings. The van der Waals surface area contributed by atoms with Gasteiger partial charge in [-0.1, -0.05) is 6.07 Å². The first-order chi connectivity index (χ1) is 7.18. The van der Waals surface area contributed by atoms with Crippen molar-refractivity contribution in [2.45, 2.75) is 25.0 Å². The van der Waals surface area contributed by atoms with Gasteiger partial charge >= 0.3 is 0 Å². The highest BCUT2D eigenvalue weighted by molar-refractivity contribution is 7.10. The third-order valence-corrected chi connectivity index (χ3v) is 3.82. The zero-order valence-electron chi connectivity index (χ0n) is 8.90. The minimum Gasteiger partial charge on any atom is -0.385 e. The lowest BCUT2D eigenvalue weighted by molar-refractivity contribution is 0.00549. The molecule has 3 nitrogen and oxygen atoms in total. The van der Waals surface area contributed by atoms with Crippen molar-refractivity contribution >= 4 is 11.3 Å². The molecule has 0 saturated carbocycles. The summed E-state index contributed by atoms with van der Waals surface area (Å²) < 4.78 is 5.38. The van der Waals surface area contributed by atoms with Crippen LogP contribution in [-0.4, -0.2) is 30.9 Å². The van der Waals surface area contributed by atoms with Crippen LogP contribution in [0, 0.1) is 0 Å². The third-order valence-electron chi connectivity index (χ3n) is 2.69. The molecule has 84 valence electrons. The Morgan fingerprint density at radius 3 is 3.20 bits per heavy atom. The first-order valence-electron chi connectivity index (χ1n) is 5.26. The van der Waals surface area contributed by atoms with Crippen LogP contribution in [0.15, 0.2) is 17.5 Å². The number of ether oxygens (including phenoxy) is 1. The van der Waals surface area contributed by atoms with Gasteiger partial charge in [0, 0.05) is 17.5 Å². The van der Waals surface area contributed by atoms with Gasteiger partial charge in [-0.15, -0.1) is 11.3 Å². The van der Waals surface area contributed by atoms with Crippen molar-refractivity contribution in [2.75, 3.05) is 19.8 Å². The Kier molecular flexibility index (Phi) is 3.41. The van der Waals surface area contributed by atoms with Crippen LogP contribution in [0.4, 0.5) is 0 Å². The number of nitrogens with one attached hydrogen (secondary N) is 1. The summed E-state index contributed by atoms with van der Waals surface area (Å²) in [4.78, 5) is 1.02. The standard InChI is InChI=1S/C11H17NO2S/c1-11(13,10-3-2-6-15-10)7-9-8-14-5-4-12-9/h2-3,6,9,12-13H,4-5,7-8H2,1H3. The lowest BCUT2D eigenvalue weighted by Crippen LogP contribution is -2.44. The van der Waals surface area contributed by atoms with Crippen molar-refractivity contribution in [1.29, 1.82) is 0 Å². The average Bonchev–Trinajstić information content (AvgIpc) is 2.71. The third kappa shape index (κ3) is 2.78. The van der Waals surface area contributed by atoms with E-state index in [1.807, 2.05) is 24.4 Å². The molecule has 15 heavy (non-hydrogen) atoms. The Bertz CT molecular complexity index is 292. The number of hydrogen-bond donors (Lipinski definition) is 2. The van der Waals surface area contributed by atoms with E-state index in [2.05, 4.69) is 5.32 Å². The monoisotopic (exact) mass is 227 g/mol. The Morgan fingerprint density at radius 1 is 1.73 bits per heavy atom. The largest absolute Gasteiger partial charge is 0.385 e. The Labute approximate surface area is 94.1 Å². The van der Waals surface area contributed by atoms with Crippen molar-refractivity contribution in [3.63, 3.8) is 0 Å². The smallest absolute Gasteiger partial charge is 0.0975 e. The molecule has 0 aromatic carbocycles. The Morgan fingerprint density at radius 2 is 2.60 bits per heavy atom. The maximum Gasteiger partial charge on any atom is 0.0975 e. The number of aliphatic hydroxyl groups is 1. The van der Waals surface area contributed by atoms with Gasteiger partial charge in [0.25, 0.3) is 0 Å². The van der Waals surface area contributed by atoms with Gasteiger partial charge in [0.15, 0.2) is 0 Å². The molecule has 4 heteroatoms. The Hall–Kier alpha value is -0.420. The summed E-state index contributed by atoms with van der Waals surface area (Å²) in [7, 11) is 0. The maximum atomic E-state index is 10.3. The second-order valence-corrected chi connectivity index (χ2v) is 5.13. The molecule has 0 amide bonds. The molecule has 2 heterocycles. The van der Waals surface area contributed by atoms with Gasteiger partial charge in [-0.25, -0.2) is 0 Å². The number of rotatable bonds is 3. The second kappa shape index (κ2) is 4.61. The predicted molar refractivity (Wildman–Crippen MR) is 61.1 cm³/mol. The minimum atomic E-state index is -0.744. The van der Waals surface area contributed by atoms with Crippen molar-refractivity contribution < 1.29 is 9.84 Å². The van der Waals surface area contributed by atoms with Crippen LogP contribution in [0.3, 0.4) is 0 Å². The summed E-state index contributed by atoms with van der Waals surface area (Å²) in [5.74, 6) is 0. The molecule has 2 atom stereocenters. The summed E-state index contributed by atoms with van der Waals surface area (Å²) in [5.41, 5.74) is -0.744. The van der Waals surface area contributed by atoms with Gasteiger partial charge < -0.3 is 15.2 Å². The van der Waals surface area contributed by atoms with Crippen LogP contribution in [0.5, 0.6) is 0 Å². The first-order valence-corrected chi connectivity index (χ1v) is 6.14. The molecule has 0 bridgehead atoms. The van der Waals surface area contributed by atoms with E-state index >= 15 is 0 Å². The van der Waals surface area contributed by atoms with Crippen LogP contribution >= 0.6 is 11.3 Å². The highest BCUT2D eigenvalue weighted by Gasteiger charge is 2.29. The summed E-state index contributed by atoms with van der Waals surface area (Å²) >= 11 is 1.60. The number of thiophene rings is 1. The molecule has 0 spiro atoms. The zero-order valence-corrected chi connectivity index (χ0v) is 9.72. The highest BCUT2D eigenvalue weighted by Crippen LogP contribution is 2.29. The fourth-order valence-electron chi connectivity index (χ4n) is 1.92. The van der Waals surface area contributed by atoms with Gasteiger partial charge in [-0.2, -0.15) is 0 Å². The van der Waals surface area contributed by atoms with Crippen LogP contribution in [0.2, 0.25) is 0 Å². The molecule has 0 radical (unpaired) electrons. The molecule has 1 aliphatic rings. The summed E-state index contributed by atoms with van der Waals surface area (Å²) in [6.07, 6.45) is 0.702. The zero-order chi connectivity index (χ0) is 10.7. The molecule has 1 aliphatic heterocycles. The molecule has 2 N–H and O–H groups in total. The van der Waals surface area contributed by atoms with Gasteiger partial charge in [0.1, 0.15) is 0 Å². The van der Waals surface area contributed by atoms with Gasteiger partial charge in [-0.3, -0.25) is 0 Å². The SMILES string of the molecule is CC(O)(CC1COCCN1)c1cccs1. The molecule has 2 rings (SSSR count). The molecule has 2 unspecified atom stereocenters. The van der Waals surface area contributed by atoms with Crippen molar-refractivity contribution in [3.8, 4) is 0 Å². The minimum absolute atomic E-state index is 0.260. The van der Waals surface area contributed by atoms with Crippen molar-refractivity contribution in [1.82, 2.24) is 5.32 Å². The van der Waals surface area contributed by atoms with E-state index in [9.17, 15) is 5.11 Å². The first kappa shape index (κ1) is 11.1. The predicted octanol–water partition coefficient (Wildman–Crippen LogP) is 1.33. The summed E-state index contributed by atoms with van der Waals surface area (Å²) in [5, 5.41) is 15.7. The Balaban J connectivity index is 1.97. The van der Waals surface area contributed by atoms with Crippen LogP contribution < -0.4 is 5.32 Å². The van der Waals surface area contributed by atoms with E-state index in [-0.39, 0.29) is 6.04 Å². The van der Waals surface area contributed by atoms with Gasteiger partial charge in [0.2, 0.25) is 0 Å². The molecule has 0 aliphatic carbocycles. The van der Waals surface area contributed by atoms with Crippen molar-refractivity contribution in [2.24, 2.45) is 0 Å². The van der Waals surface area contributed by atoms with Crippen LogP contribution in [0.1, 0.15) is 18.2 Å². The van der Waals surface area contributed by atoms with Crippen LogP contribution in [0.25, 0.3) is 0 Å². The van der Waals surface area contributed by atoms with E-state index in [1.54, 1.807) is 11.3 Å². The molecule has 1 aromatic heterocycles. The fourth-order valence-corrected chi connectivity index (χ4v) is 2.71. The molecular weight excluding hydrogens is 210 g/mol. The molecule has 1 saturated heterocycles. The number of morpholine rings is 1. The topological polar surface area (TPSA) is 41.5 Å². The lowest BCUT2D eigenvalue weighted by atomic mass is 9.95. The average molecular weight is 227 g/mol. The quantitative estimate of drug-likeness (QED) is 0.818. The summed E-state index contributed by atoms with van der Waals surface area (Å²) in [6.45, 7) is 4.22. The molecular formula is C11H17NO2S. The van der Waals surface area contributed by atoms with E-state index < -0.39 is 5.60 Å². The fraction of sp³-hybridized carbons (Fsp3) is 0.636. The van der Waals surface area contributed by atoms with Crippen LogP contribution in [-0.2, 0) is 10.3 Å².